The van der Waals surface area contributed by atoms with Crippen LogP contribution in [0.25, 0.3) is 0 Å². The average Bonchev–Trinajstić information content (AvgIpc) is 2.53. The van der Waals surface area contributed by atoms with Crippen LogP contribution >= 0.6 is 0 Å². The zero-order chi connectivity index (χ0) is 13.4. The van der Waals surface area contributed by atoms with Gasteiger partial charge < -0.3 is 10.5 Å². The lowest BCUT2D eigenvalue weighted by atomic mass is 10.0. The van der Waals surface area contributed by atoms with Crippen molar-refractivity contribution in [2.24, 2.45) is 0 Å². The Balaban J connectivity index is 2.10. The van der Waals surface area contributed by atoms with Crippen LogP contribution in [-0.2, 0) is 9.84 Å². The van der Waals surface area contributed by atoms with E-state index in [1.165, 1.54) is 24.5 Å². The van der Waals surface area contributed by atoms with Gasteiger partial charge in [-0.25, -0.2) is 8.42 Å². The summed E-state index contributed by atoms with van der Waals surface area (Å²) < 4.78 is 23.4. The molecule has 0 aliphatic carbocycles. The summed E-state index contributed by atoms with van der Waals surface area (Å²) >= 11 is 0. The Morgan fingerprint density at radius 2 is 2.06 bits per heavy atom. The second kappa shape index (κ2) is 4.24. The first-order chi connectivity index (χ1) is 8.30. The van der Waals surface area contributed by atoms with Crippen LogP contribution in [0.2, 0.25) is 0 Å². The number of nitrogens with one attached hydrogen (secondary N) is 1. The molecule has 98 valence electrons. The Hall–Kier alpha value is -1.63. The Labute approximate surface area is 105 Å². The summed E-state index contributed by atoms with van der Waals surface area (Å²) in [7, 11) is -3.06. The van der Waals surface area contributed by atoms with Crippen molar-refractivity contribution in [2.45, 2.75) is 18.9 Å². The number of hydrogen-bond donors (Lipinski definition) is 1. The van der Waals surface area contributed by atoms with Crippen LogP contribution < -0.4 is 10.0 Å². The minimum absolute atomic E-state index is 0.0415. The van der Waals surface area contributed by atoms with Crippen LogP contribution in [0, 0.1) is 5.21 Å². The zero-order valence-corrected chi connectivity index (χ0v) is 10.7. The molecule has 1 aromatic rings. The Morgan fingerprint density at radius 3 is 2.56 bits per heavy atom. The van der Waals surface area contributed by atoms with E-state index in [0.29, 0.717) is 16.7 Å². The minimum Gasteiger partial charge on any atom is -0.619 e. The summed E-state index contributed by atoms with van der Waals surface area (Å²) in [4.78, 5) is 11.9. The van der Waals surface area contributed by atoms with E-state index >= 15 is 0 Å². The first-order valence-corrected chi connectivity index (χ1v) is 7.34. The number of pyridine rings is 1. The fraction of sp³-hybridized carbons (Fsp3) is 0.455. The third-order valence-corrected chi connectivity index (χ3v) is 4.89. The minimum atomic E-state index is -3.06. The highest BCUT2D eigenvalue weighted by Gasteiger charge is 2.39. The Morgan fingerprint density at radius 1 is 1.44 bits per heavy atom. The molecule has 18 heavy (non-hydrogen) atoms. The van der Waals surface area contributed by atoms with Gasteiger partial charge in [0.2, 0.25) is 0 Å². The van der Waals surface area contributed by atoms with Crippen LogP contribution in [-0.4, -0.2) is 31.4 Å². The lowest BCUT2D eigenvalue weighted by Gasteiger charge is -2.23. The lowest BCUT2D eigenvalue weighted by molar-refractivity contribution is -0.605. The lowest BCUT2D eigenvalue weighted by Crippen LogP contribution is -2.47. The van der Waals surface area contributed by atoms with Gasteiger partial charge in [-0.3, -0.25) is 4.79 Å². The molecule has 1 N–H and O–H groups in total. The predicted octanol–water partition coefficient (Wildman–Crippen LogP) is -0.373. The van der Waals surface area contributed by atoms with Gasteiger partial charge in [0.25, 0.3) is 5.91 Å². The highest BCUT2D eigenvalue weighted by molar-refractivity contribution is 7.91. The molecule has 1 atom stereocenters. The second-order valence-corrected chi connectivity index (χ2v) is 6.99. The average molecular weight is 270 g/mol. The third-order valence-electron chi connectivity index (χ3n) is 2.98. The van der Waals surface area contributed by atoms with Crippen molar-refractivity contribution in [3.05, 3.63) is 35.3 Å². The number of nitrogens with zero attached hydrogens (tertiary/aromatic N) is 1. The highest BCUT2D eigenvalue weighted by Crippen LogP contribution is 2.23. The van der Waals surface area contributed by atoms with E-state index in [2.05, 4.69) is 5.32 Å². The van der Waals surface area contributed by atoms with Gasteiger partial charge in [-0.15, -0.1) is 0 Å². The molecular formula is C11H14N2O4S. The SMILES string of the molecule is CC1(NC(=O)c2cc[n+]([O-])cc2)CCS(=O)(=O)C1. The number of rotatable bonds is 2. The maximum absolute atomic E-state index is 11.9. The highest BCUT2D eigenvalue weighted by atomic mass is 32.2. The van der Waals surface area contributed by atoms with Crippen molar-refractivity contribution in [3.63, 3.8) is 0 Å². The monoisotopic (exact) mass is 270 g/mol. The fourth-order valence-corrected chi connectivity index (χ4v) is 4.11. The van der Waals surface area contributed by atoms with E-state index in [-0.39, 0.29) is 17.4 Å². The Kier molecular flexibility index (Phi) is 3.02. The molecule has 0 aromatic carbocycles. The number of hydrogen-bond acceptors (Lipinski definition) is 4. The van der Waals surface area contributed by atoms with Gasteiger partial charge in [0, 0.05) is 12.1 Å². The molecule has 1 fully saturated rings. The summed E-state index contributed by atoms with van der Waals surface area (Å²) in [5.74, 6) is -0.311. The summed E-state index contributed by atoms with van der Waals surface area (Å²) in [6, 6.07) is 2.80. The van der Waals surface area contributed by atoms with Gasteiger partial charge in [0.15, 0.2) is 22.2 Å². The van der Waals surface area contributed by atoms with Gasteiger partial charge in [-0.1, -0.05) is 0 Å². The zero-order valence-electron chi connectivity index (χ0n) is 9.92. The van der Waals surface area contributed by atoms with Crippen molar-refractivity contribution in [1.29, 1.82) is 0 Å². The Bertz CT molecular complexity index is 567. The molecule has 1 aliphatic rings. The van der Waals surface area contributed by atoms with E-state index in [1.807, 2.05) is 0 Å². The van der Waals surface area contributed by atoms with Crippen LogP contribution in [0.5, 0.6) is 0 Å². The molecule has 6 nitrogen and oxygen atoms in total. The largest absolute Gasteiger partial charge is 0.619 e. The molecule has 0 bridgehead atoms. The second-order valence-electron chi connectivity index (χ2n) is 4.80. The van der Waals surface area contributed by atoms with Gasteiger partial charge in [-0.05, 0) is 13.3 Å². The molecular weight excluding hydrogens is 256 g/mol. The molecule has 0 spiro atoms. The molecule has 2 heterocycles. The van der Waals surface area contributed by atoms with E-state index in [9.17, 15) is 18.4 Å². The molecule has 0 saturated carbocycles. The summed E-state index contributed by atoms with van der Waals surface area (Å²) in [6.07, 6.45) is 2.86. The number of carbonyl (C=O) groups excluding carboxylic acids is 1. The standard InChI is InChI=1S/C11H14N2O4S/c1-11(4-7-18(16,17)8-11)12-10(14)9-2-5-13(15)6-3-9/h2-3,5-6H,4,7-8H2,1H3,(H,12,14). The molecule has 1 aliphatic heterocycles. The van der Waals surface area contributed by atoms with Crippen LogP contribution in [0.4, 0.5) is 0 Å². The van der Waals surface area contributed by atoms with E-state index in [1.54, 1.807) is 6.92 Å². The van der Waals surface area contributed by atoms with Crippen molar-refractivity contribution < 1.29 is 17.9 Å². The maximum atomic E-state index is 11.9. The number of amides is 1. The van der Waals surface area contributed by atoms with Crippen molar-refractivity contribution in [3.8, 4) is 0 Å². The molecule has 1 unspecified atom stereocenters. The fourth-order valence-electron chi connectivity index (χ4n) is 2.02. The van der Waals surface area contributed by atoms with Gasteiger partial charge in [0.05, 0.1) is 22.6 Å². The van der Waals surface area contributed by atoms with Gasteiger partial charge in [0.1, 0.15) is 0 Å². The smallest absolute Gasteiger partial charge is 0.252 e. The quantitative estimate of drug-likeness (QED) is 0.586. The maximum Gasteiger partial charge on any atom is 0.252 e. The summed E-state index contributed by atoms with van der Waals surface area (Å²) in [5, 5.41) is 13.6. The summed E-state index contributed by atoms with van der Waals surface area (Å²) in [5.41, 5.74) is -0.383. The molecule has 1 saturated heterocycles. The topological polar surface area (TPSA) is 90.2 Å². The normalized spacial score (nSPS) is 25.8. The van der Waals surface area contributed by atoms with Gasteiger partial charge >= 0.3 is 0 Å². The first-order valence-electron chi connectivity index (χ1n) is 5.51. The molecule has 0 radical (unpaired) electrons. The van der Waals surface area contributed by atoms with Crippen LogP contribution in [0.1, 0.15) is 23.7 Å². The van der Waals surface area contributed by atoms with Gasteiger partial charge in [-0.2, -0.15) is 4.73 Å². The predicted molar refractivity (Wildman–Crippen MR) is 64.5 cm³/mol. The molecule has 1 aromatic heterocycles. The molecule has 2 rings (SSSR count). The number of sulfone groups is 1. The van der Waals surface area contributed by atoms with Crippen molar-refractivity contribution in [1.82, 2.24) is 5.32 Å². The van der Waals surface area contributed by atoms with E-state index < -0.39 is 15.4 Å². The molecule has 7 heteroatoms. The third kappa shape index (κ3) is 2.79. The van der Waals surface area contributed by atoms with E-state index in [4.69, 9.17) is 0 Å². The number of carbonyl (C=O) groups is 1. The van der Waals surface area contributed by atoms with Crippen molar-refractivity contribution in [2.75, 3.05) is 11.5 Å². The van der Waals surface area contributed by atoms with Crippen LogP contribution in [0.15, 0.2) is 24.5 Å². The van der Waals surface area contributed by atoms with E-state index in [0.717, 1.165) is 0 Å². The van der Waals surface area contributed by atoms with Crippen molar-refractivity contribution >= 4 is 15.7 Å². The number of aromatic nitrogens is 1. The molecule has 1 amide bonds. The summed E-state index contributed by atoms with van der Waals surface area (Å²) in [6.45, 7) is 1.71. The first kappa shape index (κ1) is 12.8. The van der Waals surface area contributed by atoms with Crippen LogP contribution in [0.3, 0.4) is 0 Å².